The van der Waals surface area contributed by atoms with Gasteiger partial charge in [0, 0.05) is 29.7 Å². The van der Waals surface area contributed by atoms with E-state index in [0.717, 1.165) is 50.6 Å². The topological polar surface area (TPSA) is 68.0 Å². The van der Waals surface area contributed by atoms with E-state index < -0.39 is 0 Å². The molecular formula is C20H27N3O. The van der Waals surface area contributed by atoms with Crippen molar-refractivity contribution in [1.82, 2.24) is 4.98 Å². The van der Waals surface area contributed by atoms with Gasteiger partial charge < -0.3 is 11.1 Å². The Balaban J connectivity index is 1.64. The quantitative estimate of drug-likeness (QED) is 0.722. The molecule has 0 radical (unpaired) electrons. The van der Waals surface area contributed by atoms with E-state index in [1.54, 1.807) is 0 Å². The third-order valence-corrected chi connectivity index (χ3v) is 4.82. The molecular weight excluding hydrogens is 298 g/mol. The fourth-order valence-electron chi connectivity index (χ4n) is 3.57. The average molecular weight is 325 g/mol. The second-order valence-electron chi connectivity index (χ2n) is 6.69. The molecule has 0 atom stereocenters. The first-order valence-corrected chi connectivity index (χ1v) is 9.18. The standard InChI is InChI=1S/C20H27N3O/c21-19(24)13-3-1-2-8-14-22-20-15-9-4-6-11-17(15)23-18-12-7-5-10-16(18)20/h4,6,9,11H,1-3,5,7-8,10,12-14H2,(H2,21,24)(H,22,23). The second kappa shape index (κ2) is 8.13. The van der Waals surface area contributed by atoms with Gasteiger partial charge in [-0.1, -0.05) is 31.0 Å². The van der Waals surface area contributed by atoms with E-state index in [0.29, 0.717) is 6.42 Å². The van der Waals surface area contributed by atoms with Gasteiger partial charge >= 0.3 is 0 Å². The number of amides is 1. The summed E-state index contributed by atoms with van der Waals surface area (Å²) in [5.74, 6) is -0.192. The van der Waals surface area contributed by atoms with Crippen molar-refractivity contribution in [2.45, 2.75) is 57.8 Å². The molecule has 1 aliphatic rings. The van der Waals surface area contributed by atoms with Crippen molar-refractivity contribution in [3.63, 3.8) is 0 Å². The van der Waals surface area contributed by atoms with Crippen LogP contribution in [0.1, 0.15) is 56.2 Å². The monoisotopic (exact) mass is 325 g/mol. The number of rotatable bonds is 8. The van der Waals surface area contributed by atoms with E-state index in [1.807, 2.05) is 0 Å². The van der Waals surface area contributed by atoms with Gasteiger partial charge in [0.15, 0.2) is 0 Å². The highest BCUT2D eigenvalue weighted by Crippen LogP contribution is 2.33. The molecule has 4 nitrogen and oxygen atoms in total. The number of primary amides is 1. The highest BCUT2D eigenvalue weighted by atomic mass is 16.1. The number of nitrogens with zero attached hydrogens (tertiary/aromatic N) is 1. The molecule has 0 saturated heterocycles. The number of benzene rings is 1. The molecule has 128 valence electrons. The van der Waals surface area contributed by atoms with Gasteiger partial charge in [-0.15, -0.1) is 0 Å². The van der Waals surface area contributed by atoms with Crippen molar-refractivity contribution in [3.05, 3.63) is 35.5 Å². The number of anilines is 1. The largest absolute Gasteiger partial charge is 0.384 e. The molecule has 1 amide bonds. The molecule has 1 heterocycles. The first-order valence-electron chi connectivity index (χ1n) is 9.18. The molecule has 1 aromatic carbocycles. The summed E-state index contributed by atoms with van der Waals surface area (Å²) < 4.78 is 0. The summed E-state index contributed by atoms with van der Waals surface area (Å²) in [5, 5.41) is 4.93. The number of para-hydroxylation sites is 1. The summed E-state index contributed by atoms with van der Waals surface area (Å²) in [4.78, 5) is 15.6. The van der Waals surface area contributed by atoms with Gasteiger partial charge in [-0.2, -0.15) is 0 Å². The van der Waals surface area contributed by atoms with E-state index in [-0.39, 0.29) is 5.91 Å². The van der Waals surface area contributed by atoms with Crippen LogP contribution in [0.15, 0.2) is 24.3 Å². The van der Waals surface area contributed by atoms with Crippen molar-refractivity contribution in [2.24, 2.45) is 5.73 Å². The molecule has 0 bridgehead atoms. The molecule has 0 unspecified atom stereocenters. The van der Waals surface area contributed by atoms with Gasteiger partial charge in [-0.05, 0) is 50.2 Å². The lowest BCUT2D eigenvalue weighted by Gasteiger charge is -2.21. The van der Waals surface area contributed by atoms with Gasteiger partial charge in [-0.3, -0.25) is 9.78 Å². The van der Waals surface area contributed by atoms with Crippen molar-refractivity contribution in [3.8, 4) is 0 Å². The minimum atomic E-state index is -0.192. The number of aromatic nitrogens is 1. The maximum Gasteiger partial charge on any atom is 0.217 e. The third kappa shape index (κ3) is 4.05. The zero-order valence-corrected chi connectivity index (χ0v) is 14.3. The molecule has 3 rings (SSSR count). The van der Waals surface area contributed by atoms with Crippen molar-refractivity contribution >= 4 is 22.5 Å². The SMILES string of the molecule is NC(=O)CCCCCCNc1c2c(nc3ccccc13)CCCC2. The molecule has 0 fully saturated rings. The summed E-state index contributed by atoms with van der Waals surface area (Å²) >= 11 is 0. The zero-order chi connectivity index (χ0) is 16.8. The maximum absolute atomic E-state index is 10.7. The molecule has 2 aromatic rings. The summed E-state index contributed by atoms with van der Waals surface area (Å²) in [7, 11) is 0. The Morgan fingerprint density at radius 2 is 1.88 bits per heavy atom. The number of hydrogen-bond acceptors (Lipinski definition) is 3. The summed E-state index contributed by atoms with van der Waals surface area (Å²) in [5.41, 5.74) is 10.3. The summed E-state index contributed by atoms with van der Waals surface area (Å²) in [6, 6.07) is 8.44. The first kappa shape index (κ1) is 16.7. The first-order chi connectivity index (χ1) is 11.8. The predicted octanol–water partition coefficient (Wildman–Crippen LogP) is 3.96. The van der Waals surface area contributed by atoms with E-state index in [9.17, 15) is 4.79 Å². The lowest BCUT2D eigenvalue weighted by atomic mass is 9.92. The molecule has 0 saturated carbocycles. The van der Waals surface area contributed by atoms with Crippen molar-refractivity contribution in [2.75, 3.05) is 11.9 Å². The summed E-state index contributed by atoms with van der Waals surface area (Å²) in [6.45, 7) is 0.969. The van der Waals surface area contributed by atoms with Crippen LogP contribution in [0.5, 0.6) is 0 Å². The van der Waals surface area contributed by atoms with Crippen LogP contribution in [0.4, 0.5) is 5.69 Å². The van der Waals surface area contributed by atoms with Gasteiger partial charge in [0.1, 0.15) is 0 Å². The van der Waals surface area contributed by atoms with Gasteiger partial charge in [0.2, 0.25) is 5.91 Å². The Hall–Kier alpha value is -2.10. The number of nitrogens with one attached hydrogen (secondary N) is 1. The number of nitrogens with two attached hydrogens (primary N) is 1. The molecule has 4 heteroatoms. The Labute approximate surface area is 143 Å². The smallest absolute Gasteiger partial charge is 0.217 e. The average Bonchev–Trinajstić information content (AvgIpc) is 2.59. The molecule has 0 spiro atoms. The minimum Gasteiger partial charge on any atom is -0.384 e. The highest BCUT2D eigenvalue weighted by molar-refractivity contribution is 5.93. The predicted molar refractivity (Wildman–Crippen MR) is 99.2 cm³/mol. The summed E-state index contributed by atoms with van der Waals surface area (Å²) in [6.07, 6.45) is 9.47. The molecule has 0 aliphatic heterocycles. The third-order valence-electron chi connectivity index (χ3n) is 4.82. The molecule has 1 aliphatic carbocycles. The lowest BCUT2D eigenvalue weighted by Crippen LogP contribution is -2.12. The van der Waals surface area contributed by atoms with Gasteiger partial charge in [0.05, 0.1) is 5.52 Å². The van der Waals surface area contributed by atoms with E-state index in [2.05, 4.69) is 29.6 Å². The number of fused-ring (bicyclic) bond motifs is 2. The molecule has 1 aromatic heterocycles. The van der Waals surface area contributed by atoms with Crippen LogP contribution < -0.4 is 11.1 Å². The maximum atomic E-state index is 10.7. The minimum absolute atomic E-state index is 0.192. The van der Waals surface area contributed by atoms with E-state index in [4.69, 9.17) is 10.7 Å². The van der Waals surface area contributed by atoms with Gasteiger partial charge in [0.25, 0.3) is 0 Å². The van der Waals surface area contributed by atoms with E-state index >= 15 is 0 Å². The Morgan fingerprint density at radius 1 is 1.08 bits per heavy atom. The Bertz CT molecular complexity index is 711. The lowest BCUT2D eigenvalue weighted by molar-refractivity contribution is -0.118. The Kier molecular flexibility index (Phi) is 5.68. The van der Waals surface area contributed by atoms with Gasteiger partial charge in [-0.25, -0.2) is 0 Å². The van der Waals surface area contributed by atoms with Crippen LogP contribution in [-0.2, 0) is 17.6 Å². The Morgan fingerprint density at radius 3 is 2.75 bits per heavy atom. The number of carbonyl (C=O) groups is 1. The molecule has 3 N–H and O–H groups in total. The van der Waals surface area contributed by atoms with Crippen LogP contribution in [0, 0.1) is 0 Å². The number of unbranched alkanes of at least 4 members (excludes halogenated alkanes) is 3. The normalized spacial score (nSPS) is 13.7. The zero-order valence-electron chi connectivity index (χ0n) is 14.3. The fraction of sp³-hybridized carbons (Fsp3) is 0.500. The van der Waals surface area contributed by atoms with Crippen molar-refractivity contribution in [1.29, 1.82) is 0 Å². The number of hydrogen-bond donors (Lipinski definition) is 2. The van der Waals surface area contributed by atoms with Crippen LogP contribution in [-0.4, -0.2) is 17.4 Å². The van der Waals surface area contributed by atoms with Crippen LogP contribution >= 0.6 is 0 Å². The second-order valence-corrected chi connectivity index (χ2v) is 6.69. The number of aryl methyl sites for hydroxylation is 1. The number of carbonyl (C=O) groups excluding carboxylic acids is 1. The highest BCUT2D eigenvalue weighted by Gasteiger charge is 2.17. The number of pyridine rings is 1. The molecule has 24 heavy (non-hydrogen) atoms. The van der Waals surface area contributed by atoms with Crippen LogP contribution in [0.25, 0.3) is 10.9 Å². The van der Waals surface area contributed by atoms with E-state index in [1.165, 1.54) is 35.2 Å². The van der Waals surface area contributed by atoms with Crippen LogP contribution in [0.3, 0.4) is 0 Å². The van der Waals surface area contributed by atoms with Crippen molar-refractivity contribution < 1.29 is 4.79 Å². The fourth-order valence-corrected chi connectivity index (χ4v) is 3.57. The van der Waals surface area contributed by atoms with Crippen LogP contribution in [0.2, 0.25) is 0 Å².